The van der Waals surface area contributed by atoms with Gasteiger partial charge in [0, 0.05) is 27.9 Å². The number of amides is 1. The van der Waals surface area contributed by atoms with Crippen molar-refractivity contribution in [3.05, 3.63) is 38.8 Å². The number of aromatic nitrogens is 2. The lowest BCUT2D eigenvalue weighted by Gasteiger charge is -2.16. The van der Waals surface area contributed by atoms with Crippen LogP contribution in [0.15, 0.2) is 27.8 Å². The number of alkyl halides is 3. The summed E-state index contributed by atoms with van der Waals surface area (Å²) in [5, 5.41) is 7.04. The second kappa shape index (κ2) is 8.03. The van der Waals surface area contributed by atoms with Gasteiger partial charge in [0.25, 0.3) is 0 Å². The van der Waals surface area contributed by atoms with Crippen molar-refractivity contribution in [2.24, 2.45) is 5.10 Å². The summed E-state index contributed by atoms with van der Waals surface area (Å²) in [6, 6.07) is 4.71. The van der Waals surface area contributed by atoms with Crippen molar-refractivity contribution in [2.75, 3.05) is 16.5 Å². The lowest BCUT2D eigenvalue weighted by molar-refractivity contribution is -0.132. The standard InChI is InChI=1S/C18H17BrClF3N6O/c1-17(2)12-13(24)25-16(27-14(12)26-15(17)30)29-28-11(5-6-18(21,22)23)9-7-8(20)3-4-10(9)19/h3-4,7H,5-6H2,1-2H3,(H4,24,25,26,27,29,30). The minimum absolute atomic E-state index is 0.0630. The Balaban J connectivity index is 1.95. The highest BCUT2D eigenvalue weighted by molar-refractivity contribution is 9.10. The van der Waals surface area contributed by atoms with E-state index in [1.165, 1.54) is 6.07 Å². The van der Waals surface area contributed by atoms with Crippen molar-refractivity contribution in [3.8, 4) is 0 Å². The highest BCUT2D eigenvalue weighted by Crippen LogP contribution is 2.39. The van der Waals surface area contributed by atoms with Crippen molar-refractivity contribution in [3.63, 3.8) is 0 Å². The largest absolute Gasteiger partial charge is 0.389 e. The second-order valence-electron chi connectivity index (χ2n) is 7.14. The summed E-state index contributed by atoms with van der Waals surface area (Å²) in [5.41, 5.74) is 8.56. The molecular weight excluding hydrogens is 489 g/mol. The van der Waals surface area contributed by atoms with E-state index in [-0.39, 0.29) is 29.2 Å². The topological polar surface area (TPSA) is 105 Å². The molecule has 4 N–H and O–H groups in total. The molecule has 0 unspecified atom stereocenters. The van der Waals surface area contributed by atoms with Crippen LogP contribution in [0.25, 0.3) is 0 Å². The van der Waals surface area contributed by atoms with Crippen molar-refractivity contribution < 1.29 is 18.0 Å². The van der Waals surface area contributed by atoms with E-state index >= 15 is 0 Å². The Labute approximate surface area is 183 Å². The predicted octanol–water partition coefficient (Wildman–Crippen LogP) is 4.86. The summed E-state index contributed by atoms with van der Waals surface area (Å²) in [4.78, 5) is 20.4. The molecule has 2 aromatic rings. The number of nitrogens with two attached hydrogens (primary N) is 1. The Morgan fingerprint density at radius 1 is 1.37 bits per heavy atom. The van der Waals surface area contributed by atoms with Crippen molar-refractivity contribution in [2.45, 2.75) is 38.3 Å². The molecule has 12 heteroatoms. The van der Waals surface area contributed by atoms with Crippen molar-refractivity contribution >= 4 is 56.7 Å². The highest BCUT2D eigenvalue weighted by Gasteiger charge is 2.42. The monoisotopic (exact) mass is 504 g/mol. The summed E-state index contributed by atoms with van der Waals surface area (Å²) in [7, 11) is 0. The van der Waals surface area contributed by atoms with Crippen LogP contribution in [-0.2, 0) is 10.2 Å². The number of hydrazone groups is 1. The fraction of sp³-hybridized carbons (Fsp3) is 0.333. The maximum atomic E-state index is 12.8. The Morgan fingerprint density at radius 3 is 2.73 bits per heavy atom. The normalized spacial score (nSPS) is 15.7. The molecule has 7 nitrogen and oxygen atoms in total. The van der Waals surface area contributed by atoms with Gasteiger partial charge < -0.3 is 11.1 Å². The minimum atomic E-state index is -4.36. The van der Waals surface area contributed by atoms with Gasteiger partial charge in [-0.1, -0.05) is 27.5 Å². The van der Waals surface area contributed by atoms with Gasteiger partial charge in [0.1, 0.15) is 11.6 Å². The predicted molar refractivity (Wildman–Crippen MR) is 113 cm³/mol. The molecule has 0 saturated heterocycles. The molecule has 1 aliphatic rings. The van der Waals surface area contributed by atoms with Gasteiger partial charge in [-0.2, -0.15) is 28.2 Å². The fourth-order valence-corrected chi connectivity index (χ4v) is 3.61. The third-order valence-corrected chi connectivity index (χ3v) is 5.46. The van der Waals surface area contributed by atoms with Gasteiger partial charge in [0.2, 0.25) is 11.9 Å². The quantitative estimate of drug-likeness (QED) is 0.397. The highest BCUT2D eigenvalue weighted by atomic mass is 79.9. The number of benzene rings is 1. The van der Waals surface area contributed by atoms with Crippen molar-refractivity contribution in [1.29, 1.82) is 0 Å². The SMILES string of the molecule is CC1(C)C(=O)Nc2nc(NN=C(CCC(F)(F)F)c3cc(Cl)ccc3Br)nc(N)c21. The smallest absolute Gasteiger partial charge is 0.383 e. The summed E-state index contributed by atoms with van der Waals surface area (Å²) in [6.07, 6.45) is -5.85. The first-order chi connectivity index (χ1) is 13.9. The number of carbonyl (C=O) groups excluding carboxylic acids is 1. The fourth-order valence-electron chi connectivity index (χ4n) is 2.96. The zero-order valence-corrected chi connectivity index (χ0v) is 18.2. The molecule has 160 valence electrons. The molecule has 0 saturated carbocycles. The molecule has 0 atom stereocenters. The number of nitrogen functional groups attached to an aromatic ring is 1. The van der Waals surface area contributed by atoms with Crippen LogP contribution in [0.2, 0.25) is 5.02 Å². The van der Waals surface area contributed by atoms with Gasteiger partial charge in [-0.05, 0) is 32.0 Å². The molecule has 1 amide bonds. The second-order valence-corrected chi connectivity index (χ2v) is 8.44. The molecular formula is C18H17BrClF3N6O. The van der Waals surface area contributed by atoms with Crippen LogP contribution in [0.3, 0.4) is 0 Å². The van der Waals surface area contributed by atoms with E-state index in [4.69, 9.17) is 17.3 Å². The number of carbonyl (C=O) groups is 1. The van der Waals surface area contributed by atoms with Crippen LogP contribution >= 0.6 is 27.5 Å². The number of hydrogen-bond acceptors (Lipinski definition) is 6. The van der Waals surface area contributed by atoms with Crippen LogP contribution in [0.5, 0.6) is 0 Å². The number of halogens is 5. The molecule has 1 aromatic carbocycles. The van der Waals surface area contributed by atoms with E-state index in [0.717, 1.165) is 0 Å². The number of nitrogens with one attached hydrogen (secondary N) is 2. The van der Waals surface area contributed by atoms with Crippen LogP contribution in [0, 0.1) is 0 Å². The van der Waals surface area contributed by atoms with Crippen LogP contribution < -0.4 is 16.5 Å². The van der Waals surface area contributed by atoms with E-state index in [1.807, 2.05) is 0 Å². The summed E-state index contributed by atoms with van der Waals surface area (Å²) < 4.78 is 38.9. The van der Waals surface area contributed by atoms with Gasteiger partial charge in [-0.15, -0.1) is 0 Å². The molecule has 0 spiro atoms. The van der Waals surface area contributed by atoms with E-state index in [9.17, 15) is 18.0 Å². The number of hydrogen-bond donors (Lipinski definition) is 3. The van der Waals surface area contributed by atoms with Crippen LogP contribution in [-0.4, -0.2) is 27.8 Å². The molecule has 0 bridgehead atoms. The van der Waals surface area contributed by atoms with Gasteiger partial charge in [0.05, 0.1) is 16.7 Å². The van der Waals surface area contributed by atoms with Crippen LogP contribution in [0.4, 0.5) is 30.8 Å². The Hall–Kier alpha value is -2.40. The third kappa shape index (κ3) is 4.67. The number of fused-ring (bicyclic) bond motifs is 1. The van der Waals surface area contributed by atoms with Crippen molar-refractivity contribution in [1.82, 2.24) is 9.97 Å². The zero-order valence-electron chi connectivity index (χ0n) is 15.9. The Morgan fingerprint density at radius 2 is 2.07 bits per heavy atom. The van der Waals surface area contributed by atoms with E-state index in [0.29, 0.717) is 20.6 Å². The Bertz CT molecular complexity index is 1040. The lowest BCUT2D eigenvalue weighted by atomic mass is 9.87. The number of rotatable bonds is 5. The first-order valence-electron chi connectivity index (χ1n) is 8.72. The lowest BCUT2D eigenvalue weighted by Crippen LogP contribution is -2.27. The summed E-state index contributed by atoms with van der Waals surface area (Å²) in [5.74, 6) is -0.0439. The summed E-state index contributed by atoms with van der Waals surface area (Å²) in [6.45, 7) is 3.37. The van der Waals surface area contributed by atoms with E-state index in [1.54, 1.807) is 26.0 Å². The molecule has 0 aliphatic carbocycles. The van der Waals surface area contributed by atoms with Crippen LogP contribution in [0.1, 0.15) is 37.8 Å². The van der Waals surface area contributed by atoms with E-state index < -0.39 is 24.4 Å². The maximum Gasteiger partial charge on any atom is 0.389 e. The Kier molecular flexibility index (Phi) is 5.96. The molecule has 3 rings (SSSR count). The maximum absolute atomic E-state index is 12.8. The molecule has 1 aliphatic heterocycles. The number of anilines is 3. The molecule has 1 aromatic heterocycles. The molecule has 2 heterocycles. The van der Waals surface area contributed by atoms with Gasteiger partial charge in [0.15, 0.2) is 0 Å². The minimum Gasteiger partial charge on any atom is -0.383 e. The molecule has 0 radical (unpaired) electrons. The first kappa shape index (κ1) is 22.3. The zero-order chi connectivity index (χ0) is 22.3. The van der Waals surface area contributed by atoms with E-state index in [2.05, 4.69) is 41.7 Å². The average molecular weight is 506 g/mol. The molecule has 30 heavy (non-hydrogen) atoms. The van der Waals surface area contributed by atoms with Gasteiger partial charge in [-0.3, -0.25) is 4.79 Å². The number of nitrogens with zero attached hydrogens (tertiary/aromatic N) is 3. The van der Waals surface area contributed by atoms with Gasteiger partial charge in [-0.25, -0.2) is 5.43 Å². The first-order valence-corrected chi connectivity index (χ1v) is 9.90. The molecule has 0 fully saturated rings. The van der Waals surface area contributed by atoms with Gasteiger partial charge >= 0.3 is 6.18 Å². The average Bonchev–Trinajstić information content (AvgIpc) is 2.85. The third-order valence-electron chi connectivity index (χ3n) is 4.54. The summed E-state index contributed by atoms with van der Waals surface area (Å²) >= 11 is 9.30.